The first-order valence-electron chi connectivity index (χ1n) is 11.0. The van der Waals surface area contributed by atoms with Crippen LogP contribution in [0.3, 0.4) is 0 Å². The van der Waals surface area contributed by atoms with Crippen LogP contribution in [0.15, 0.2) is 82.8 Å². The van der Waals surface area contributed by atoms with Gasteiger partial charge in [-0.1, -0.05) is 53.5 Å². The van der Waals surface area contributed by atoms with Gasteiger partial charge in [0.15, 0.2) is 0 Å². The highest BCUT2D eigenvalue weighted by atomic mass is 35.5. The van der Waals surface area contributed by atoms with Crippen LogP contribution in [0, 0.1) is 0 Å². The molecular weight excluding hydrogens is 507 g/mol. The second-order valence-electron chi connectivity index (χ2n) is 7.48. The summed E-state index contributed by atoms with van der Waals surface area (Å²) < 4.78 is 27.6. The Hall–Kier alpha value is -3.07. The zero-order valence-corrected chi connectivity index (χ0v) is 21.7. The van der Waals surface area contributed by atoms with E-state index in [2.05, 4.69) is 29.3 Å². The van der Waals surface area contributed by atoms with E-state index in [0.717, 1.165) is 28.6 Å². The average molecular weight is 533 g/mol. The molecule has 10 heteroatoms. The van der Waals surface area contributed by atoms with Crippen molar-refractivity contribution in [1.29, 1.82) is 0 Å². The summed E-state index contributed by atoms with van der Waals surface area (Å²) in [7, 11) is -4.06. The van der Waals surface area contributed by atoms with Crippen molar-refractivity contribution < 1.29 is 13.2 Å². The number of anilines is 2. The molecule has 0 saturated heterocycles. The van der Waals surface area contributed by atoms with E-state index in [0.29, 0.717) is 0 Å². The molecule has 35 heavy (non-hydrogen) atoms. The quantitative estimate of drug-likeness (QED) is 0.288. The van der Waals surface area contributed by atoms with Gasteiger partial charge in [-0.05, 0) is 61.9 Å². The number of amides is 1. The Morgan fingerprint density at radius 2 is 1.54 bits per heavy atom. The molecule has 0 aromatic heterocycles. The Morgan fingerprint density at radius 1 is 0.914 bits per heavy atom. The Bertz CT molecular complexity index is 1280. The van der Waals surface area contributed by atoms with Crippen LogP contribution in [0.5, 0.6) is 0 Å². The minimum atomic E-state index is -4.06. The Balaban J connectivity index is 1.77. The molecule has 0 heterocycles. The number of carbonyl (C=O) groups excluding carboxylic acids is 1. The first-order chi connectivity index (χ1) is 16.8. The number of sulfonamides is 1. The van der Waals surface area contributed by atoms with Crippen LogP contribution in [-0.4, -0.2) is 40.2 Å². The molecule has 0 unspecified atom stereocenters. The van der Waals surface area contributed by atoms with Crippen LogP contribution < -0.4 is 14.6 Å². The molecule has 0 atom stereocenters. The summed E-state index contributed by atoms with van der Waals surface area (Å²) in [4.78, 5) is 14.9. The highest BCUT2D eigenvalue weighted by Crippen LogP contribution is 2.30. The van der Waals surface area contributed by atoms with Gasteiger partial charge in [0.2, 0.25) is 0 Å². The molecule has 0 bridgehead atoms. The van der Waals surface area contributed by atoms with E-state index in [4.69, 9.17) is 23.2 Å². The van der Waals surface area contributed by atoms with Crippen LogP contribution in [0.2, 0.25) is 10.0 Å². The van der Waals surface area contributed by atoms with Crippen molar-refractivity contribution in [3.8, 4) is 0 Å². The molecule has 184 valence electrons. The van der Waals surface area contributed by atoms with Crippen molar-refractivity contribution >= 4 is 56.7 Å². The first kappa shape index (κ1) is 26.5. The molecule has 0 radical (unpaired) electrons. The van der Waals surface area contributed by atoms with Gasteiger partial charge >= 0.3 is 0 Å². The summed E-state index contributed by atoms with van der Waals surface area (Å²) in [5.74, 6) is -0.619. The lowest BCUT2D eigenvalue weighted by Crippen LogP contribution is -2.39. The third-order valence-corrected chi connectivity index (χ3v) is 7.76. The van der Waals surface area contributed by atoms with Crippen molar-refractivity contribution in [2.75, 3.05) is 28.8 Å². The van der Waals surface area contributed by atoms with Gasteiger partial charge < -0.3 is 4.90 Å². The Kier molecular flexibility index (Phi) is 9.14. The van der Waals surface area contributed by atoms with Crippen molar-refractivity contribution in [1.82, 2.24) is 5.43 Å². The highest BCUT2D eigenvalue weighted by Gasteiger charge is 2.27. The van der Waals surface area contributed by atoms with Gasteiger partial charge in [-0.15, -0.1) is 0 Å². The maximum atomic E-state index is 13.3. The van der Waals surface area contributed by atoms with Gasteiger partial charge in [-0.2, -0.15) is 5.10 Å². The van der Waals surface area contributed by atoms with E-state index in [1.165, 1.54) is 36.5 Å². The molecule has 0 fully saturated rings. The monoisotopic (exact) mass is 532 g/mol. The van der Waals surface area contributed by atoms with Crippen molar-refractivity contribution in [2.45, 2.75) is 18.7 Å². The van der Waals surface area contributed by atoms with Crippen LogP contribution in [0.25, 0.3) is 0 Å². The topological polar surface area (TPSA) is 82.1 Å². The molecule has 3 aromatic carbocycles. The lowest BCUT2D eigenvalue weighted by atomic mass is 10.2. The molecule has 0 aliphatic rings. The van der Waals surface area contributed by atoms with Crippen LogP contribution in [-0.2, 0) is 14.8 Å². The molecule has 0 spiro atoms. The van der Waals surface area contributed by atoms with E-state index in [1.54, 1.807) is 18.2 Å². The fraction of sp³-hybridized carbons (Fsp3) is 0.200. The largest absolute Gasteiger partial charge is 0.372 e. The molecule has 0 aliphatic carbocycles. The first-order valence-corrected chi connectivity index (χ1v) is 13.2. The Labute approximate surface area is 216 Å². The number of rotatable bonds is 10. The SMILES string of the molecule is CCN(CC)c1ccc(/C=N\NC(=O)CN(c2ccc(Cl)c(Cl)c2)S(=O)(=O)c2ccccc2)cc1. The zero-order valence-electron chi connectivity index (χ0n) is 19.4. The maximum absolute atomic E-state index is 13.3. The summed E-state index contributed by atoms with van der Waals surface area (Å²) in [6.45, 7) is 5.48. The molecule has 0 aliphatic heterocycles. The van der Waals surface area contributed by atoms with Crippen molar-refractivity contribution in [3.05, 3.63) is 88.4 Å². The van der Waals surface area contributed by atoms with Gasteiger partial charge in [0.25, 0.3) is 15.9 Å². The van der Waals surface area contributed by atoms with Gasteiger partial charge in [-0.3, -0.25) is 9.10 Å². The van der Waals surface area contributed by atoms with Gasteiger partial charge in [0, 0.05) is 18.8 Å². The van der Waals surface area contributed by atoms with E-state index in [9.17, 15) is 13.2 Å². The van der Waals surface area contributed by atoms with E-state index >= 15 is 0 Å². The van der Waals surface area contributed by atoms with E-state index in [-0.39, 0.29) is 20.6 Å². The molecular formula is C25H26Cl2N4O3S. The summed E-state index contributed by atoms with van der Waals surface area (Å²) >= 11 is 12.1. The van der Waals surface area contributed by atoms with Crippen LogP contribution in [0.1, 0.15) is 19.4 Å². The van der Waals surface area contributed by atoms with E-state index in [1.807, 2.05) is 24.3 Å². The number of nitrogens with zero attached hydrogens (tertiary/aromatic N) is 3. The number of hydrazone groups is 1. The van der Waals surface area contributed by atoms with Gasteiger partial charge in [0.1, 0.15) is 6.54 Å². The summed E-state index contributed by atoms with van der Waals surface area (Å²) in [6, 6.07) is 19.9. The zero-order chi connectivity index (χ0) is 25.4. The van der Waals surface area contributed by atoms with Crippen molar-refractivity contribution in [2.24, 2.45) is 5.10 Å². The van der Waals surface area contributed by atoms with Crippen LogP contribution >= 0.6 is 23.2 Å². The number of benzene rings is 3. The Morgan fingerprint density at radius 3 is 2.14 bits per heavy atom. The lowest BCUT2D eigenvalue weighted by molar-refractivity contribution is -0.119. The second-order valence-corrected chi connectivity index (χ2v) is 10.2. The van der Waals surface area contributed by atoms with Gasteiger partial charge in [-0.25, -0.2) is 13.8 Å². The molecule has 3 rings (SSSR count). The summed E-state index contributed by atoms with van der Waals surface area (Å²) in [5.41, 5.74) is 4.49. The molecule has 0 saturated carbocycles. The molecule has 1 amide bonds. The lowest BCUT2D eigenvalue weighted by Gasteiger charge is -2.24. The molecule has 1 N–H and O–H groups in total. The van der Waals surface area contributed by atoms with E-state index < -0.39 is 22.5 Å². The minimum absolute atomic E-state index is 0.0377. The fourth-order valence-corrected chi connectivity index (χ4v) is 5.11. The fourth-order valence-electron chi connectivity index (χ4n) is 3.38. The summed E-state index contributed by atoms with van der Waals surface area (Å²) in [6.07, 6.45) is 1.50. The maximum Gasteiger partial charge on any atom is 0.264 e. The number of nitrogens with one attached hydrogen (secondary N) is 1. The molecule has 3 aromatic rings. The number of hydrogen-bond acceptors (Lipinski definition) is 5. The smallest absolute Gasteiger partial charge is 0.264 e. The standard InChI is InChI=1S/C25H26Cl2N4O3S/c1-3-30(4-2)20-12-10-19(11-13-20)17-28-29-25(32)18-31(21-14-15-23(26)24(27)16-21)35(33,34)22-8-6-5-7-9-22/h5-17H,3-4,18H2,1-2H3,(H,29,32)/b28-17-. The highest BCUT2D eigenvalue weighted by molar-refractivity contribution is 7.92. The number of carbonyl (C=O) groups is 1. The number of halogens is 2. The predicted molar refractivity (Wildman–Crippen MR) is 143 cm³/mol. The number of hydrogen-bond donors (Lipinski definition) is 1. The third kappa shape index (κ3) is 6.75. The minimum Gasteiger partial charge on any atom is -0.372 e. The normalized spacial score (nSPS) is 11.4. The predicted octanol–water partition coefficient (Wildman–Crippen LogP) is 5.19. The van der Waals surface area contributed by atoms with Crippen LogP contribution in [0.4, 0.5) is 11.4 Å². The summed E-state index contributed by atoms with van der Waals surface area (Å²) in [5, 5.41) is 4.42. The average Bonchev–Trinajstić information content (AvgIpc) is 2.86. The molecule has 7 nitrogen and oxygen atoms in total. The second kappa shape index (κ2) is 12.1. The van der Waals surface area contributed by atoms with Crippen molar-refractivity contribution in [3.63, 3.8) is 0 Å². The van der Waals surface area contributed by atoms with Gasteiger partial charge in [0.05, 0.1) is 26.8 Å². The third-order valence-electron chi connectivity index (χ3n) is 5.23.